The molecule has 0 unspecified atom stereocenters. The summed E-state index contributed by atoms with van der Waals surface area (Å²) in [4.78, 5) is 22.3. The second kappa shape index (κ2) is 21.7. The molecule has 0 aliphatic rings. The number of hydrogen-bond donors (Lipinski definition) is 1. The minimum atomic E-state index is -0.497. The van der Waals surface area contributed by atoms with Crippen LogP contribution in [-0.4, -0.2) is 106 Å². The number of likely N-dealkylation sites (N-methyl/N-ethyl adjacent to an activating group) is 1. The van der Waals surface area contributed by atoms with Gasteiger partial charge in [0, 0.05) is 6.42 Å². The molecule has 0 rings (SSSR count). The van der Waals surface area contributed by atoms with Crippen molar-refractivity contribution in [1.82, 2.24) is 5.32 Å². The van der Waals surface area contributed by atoms with E-state index in [1.807, 2.05) is 0 Å². The Morgan fingerprint density at radius 2 is 1.33 bits per heavy atom. The van der Waals surface area contributed by atoms with Gasteiger partial charge in [-0.25, -0.2) is 0 Å². The van der Waals surface area contributed by atoms with E-state index in [9.17, 15) is 9.59 Å². The van der Waals surface area contributed by atoms with Crippen molar-refractivity contribution in [3.8, 4) is 0 Å². The first-order chi connectivity index (χ1) is 9.20. The summed E-state index contributed by atoms with van der Waals surface area (Å²) in [6, 6.07) is 0. The average molecular weight is 336 g/mol. The fraction of sp³-hybridized carbons (Fsp3) is 0.867. The summed E-state index contributed by atoms with van der Waals surface area (Å²) in [6.07, 6.45) is 11.2. The summed E-state index contributed by atoms with van der Waals surface area (Å²) in [5, 5.41) is 2.65. The second-order valence-corrected chi connectivity index (χ2v) is 4.95. The van der Waals surface area contributed by atoms with Gasteiger partial charge in [-0.15, -0.1) is 0 Å². The number of unbranched alkanes of at least 4 members (excludes halogenated alkanes) is 8. The van der Waals surface area contributed by atoms with E-state index in [4.69, 9.17) is 0 Å². The predicted octanol–water partition coefficient (Wildman–Crippen LogP) is 1.90. The zero-order valence-corrected chi connectivity index (χ0v) is 12.5. The third-order valence-electron chi connectivity index (χ3n) is 3.03. The average Bonchev–Trinajstić information content (AvgIpc) is 2.37. The van der Waals surface area contributed by atoms with Crippen molar-refractivity contribution >= 4 is 92.9 Å². The van der Waals surface area contributed by atoms with Gasteiger partial charge in [-0.1, -0.05) is 58.3 Å². The van der Waals surface area contributed by atoms with Gasteiger partial charge in [0.25, 0.3) is 0 Å². The molecule has 1 N–H and O–H groups in total. The molecule has 0 aliphatic carbocycles. The maximum atomic E-state index is 11.3. The Morgan fingerprint density at radius 3 is 1.81 bits per heavy atom. The van der Waals surface area contributed by atoms with E-state index >= 15 is 0 Å². The van der Waals surface area contributed by atoms with Gasteiger partial charge < -0.3 is 10.1 Å². The van der Waals surface area contributed by atoms with E-state index in [0.29, 0.717) is 6.42 Å². The SMILES string of the molecule is CCCCCCCCCCCC(=O)OC(=O)CNC.[KH].[NaH]. The number of carbonyl (C=O) groups is 2. The quantitative estimate of drug-likeness (QED) is 0.256. The first-order valence-electron chi connectivity index (χ1n) is 7.58. The Morgan fingerprint density at radius 1 is 0.857 bits per heavy atom. The van der Waals surface area contributed by atoms with Gasteiger partial charge >= 0.3 is 92.9 Å². The topological polar surface area (TPSA) is 55.4 Å². The summed E-state index contributed by atoms with van der Waals surface area (Å²) in [6.45, 7) is 2.31. The molecule has 0 fully saturated rings. The van der Waals surface area contributed by atoms with E-state index in [-0.39, 0.29) is 87.5 Å². The van der Waals surface area contributed by atoms with Gasteiger partial charge in [0.2, 0.25) is 0 Å². The van der Waals surface area contributed by atoms with Gasteiger partial charge in [-0.05, 0) is 13.5 Å². The zero-order valence-electron chi connectivity index (χ0n) is 12.5. The summed E-state index contributed by atoms with van der Waals surface area (Å²) in [5.41, 5.74) is 0. The molecular formula is C15H31KNNaO3. The Kier molecular flexibility index (Phi) is 28.5. The predicted molar refractivity (Wildman–Crippen MR) is 91.2 cm³/mol. The third-order valence-corrected chi connectivity index (χ3v) is 3.03. The number of ether oxygens (including phenoxy) is 1. The van der Waals surface area contributed by atoms with Crippen LogP contribution in [0, 0.1) is 0 Å². The van der Waals surface area contributed by atoms with Crippen LogP contribution in [0.3, 0.4) is 0 Å². The summed E-state index contributed by atoms with van der Waals surface area (Å²) in [5.74, 6) is -0.897. The fourth-order valence-corrected chi connectivity index (χ4v) is 1.94. The number of rotatable bonds is 12. The second-order valence-electron chi connectivity index (χ2n) is 4.95. The van der Waals surface area contributed by atoms with Crippen LogP contribution in [0.25, 0.3) is 0 Å². The Labute approximate surface area is 194 Å². The molecule has 0 amide bonds. The van der Waals surface area contributed by atoms with Crippen molar-refractivity contribution in [3.63, 3.8) is 0 Å². The van der Waals surface area contributed by atoms with Crippen LogP contribution < -0.4 is 5.32 Å². The molecule has 0 saturated carbocycles. The summed E-state index contributed by atoms with van der Waals surface area (Å²) < 4.78 is 4.62. The molecule has 21 heavy (non-hydrogen) atoms. The molecular weight excluding hydrogens is 304 g/mol. The van der Waals surface area contributed by atoms with Gasteiger partial charge in [-0.2, -0.15) is 0 Å². The van der Waals surface area contributed by atoms with Crippen molar-refractivity contribution in [2.75, 3.05) is 13.6 Å². The van der Waals surface area contributed by atoms with Crippen LogP contribution in [-0.2, 0) is 14.3 Å². The monoisotopic (exact) mass is 335 g/mol. The molecule has 0 aromatic heterocycles. The van der Waals surface area contributed by atoms with Crippen LogP contribution in [0.1, 0.15) is 71.1 Å². The molecule has 0 atom stereocenters. The maximum absolute atomic E-state index is 11.3. The molecule has 0 aromatic rings. The first kappa shape index (κ1) is 27.6. The van der Waals surface area contributed by atoms with Gasteiger partial charge in [-0.3, -0.25) is 9.59 Å². The molecule has 0 bridgehead atoms. The van der Waals surface area contributed by atoms with E-state index in [1.165, 1.54) is 44.9 Å². The molecule has 6 heteroatoms. The first-order valence-corrected chi connectivity index (χ1v) is 7.58. The van der Waals surface area contributed by atoms with Crippen LogP contribution in [0.4, 0.5) is 0 Å². The van der Waals surface area contributed by atoms with E-state index < -0.39 is 11.9 Å². The van der Waals surface area contributed by atoms with Crippen LogP contribution in [0.2, 0.25) is 0 Å². The number of nitrogens with one attached hydrogen (secondary N) is 1. The molecule has 0 heterocycles. The molecule has 0 saturated heterocycles. The van der Waals surface area contributed by atoms with Gasteiger partial charge in [0.05, 0.1) is 6.54 Å². The minimum absolute atomic E-state index is 0. The summed E-state index contributed by atoms with van der Waals surface area (Å²) in [7, 11) is 1.65. The third kappa shape index (κ3) is 21.7. The van der Waals surface area contributed by atoms with Gasteiger partial charge in [0.15, 0.2) is 0 Å². The summed E-state index contributed by atoms with van der Waals surface area (Å²) >= 11 is 0. The van der Waals surface area contributed by atoms with Crippen molar-refractivity contribution < 1.29 is 14.3 Å². The fourth-order valence-electron chi connectivity index (χ4n) is 1.94. The Bertz CT molecular complexity index is 253. The van der Waals surface area contributed by atoms with Gasteiger partial charge in [0.1, 0.15) is 0 Å². The zero-order chi connectivity index (χ0) is 14.3. The van der Waals surface area contributed by atoms with Crippen molar-refractivity contribution in [3.05, 3.63) is 0 Å². The molecule has 4 nitrogen and oxygen atoms in total. The van der Waals surface area contributed by atoms with E-state index in [2.05, 4.69) is 17.0 Å². The number of carbonyl (C=O) groups excluding carboxylic acids is 2. The number of esters is 2. The Balaban J connectivity index is -0.00000162. The normalized spacial score (nSPS) is 9.43. The molecule has 0 radical (unpaired) electrons. The van der Waals surface area contributed by atoms with E-state index in [0.717, 1.165) is 12.8 Å². The molecule has 0 aliphatic heterocycles. The van der Waals surface area contributed by atoms with Crippen LogP contribution in [0.15, 0.2) is 0 Å². The molecule has 0 aromatic carbocycles. The van der Waals surface area contributed by atoms with Crippen LogP contribution >= 0.6 is 0 Å². The van der Waals surface area contributed by atoms with Crippen molar-refractivity contribution in [2.45, 2.75) is 71.1 Å². The standard InChI is InChI=1S/C15H29NO3.K.Na.2H/c1-3-4-5-6-7-8-9-10-11-12-14(17)19-15(18)13-16-2;;;;/h16H,3-13H2,1-2H3;;;;. The van der Waals surface area contributed by atoms with Crippen molar-refractivity contribution in [1.29, 1.82) is 0 Å². The van der Waals surface area contributed by atoms with Crippen LogP contribution in [0.5, 0.6) is 0 Å². The Hall–Kier alpha value is 1.74. The molecule has 0 spiro atoms. The number of hydrogen-bond acceptors (Lipinski definition) is 4. The van der Waals surface area contributed by atoms with E-state index in [1.54, 1.807) is 7.05 Å². The van der Waals surface area contributed by atoms with Crippen molar-refractivity contribution in [2.24, 2.45) is 0 Å². The molecule has 116 valence electrons.